The van der Waals surface area contributed by atoms with Gasteiger partial charge in [-0.3, -0.25) is 4.79 Å². The highest BCUT2D eigenvalue weighted by Crippen LogP contribution is 2.22. The minimum atomic E-state index is -0.918. The van der Waals surface area contributed by atoms with Crippen LogP contribution in [0.5, 0.6) is 0 Å². The second kappa shape index (κ2) is 4.98. The molecule has 0 spiro atoms. The number of carbonyl (C=O) groups excluding carboxylic acids is 1. The molecule has 2 aromatic rings. The van der Waals surface area contributed by atoms with Crippen LogP contribution in [0.1, 0.15) is 25.7 Å². The zero-order chi connectivity index (χ0) is 13.3. The molecule has 1 heterocycles. The Bertz CT molecular complexity index is 582. The van der Waals surface area contributed by atoms with Gasteiger partial charge in [0.05, 0.1) is 4.88 Å². The second-order valence-electron chi connectivity index (χ2n) is 4.20. The molecule has 94 valence electrons. The van der Waals surface area contributed by atoms with E-state index in [4.69, 9.17) is 0 Å². The third-order valence-electron chi connectivity index (χ3n) is 2.79. The Morgan fingerprint density at radius 3 is 2.44 bits per heavy atom. The predicted molar refractivity (Wildman–Crippen MR) is 68.2 cm³/mol. The van der Waals surface area contributed by atoms with E-state index < -0.39 is 11.6 Å². The van der Waals surface area contributed by atoms with Gasteiger partial charge < -0.3 is 0 Å². The van der Waals surface area contributed by atoms with Crippen molar-refractivity contribution in [3.8, 4) is 0 Å². The zero-order valence-electron chi connectivity index (χ0n) is 10.1. The van der Waals surface area contributed by atoms with Crippen LogP contribution in [0.2, 0.25) is 0 Å². The number of rotatable bonds is 3. The first kappa shape index (κ1) is 12.9. The van der Waals surface area contributed by atoms with E-state index in [1.807, 2.05) is 19.9 Å². The average Bonchev–Trinajstić information content (AvgIpc) is 2.65. The maximum absolute atomic E-state index is 13.0. The Morgan fingerprint density at radius 1 is 1.17 bits per heavy atom. The van der Waals surface area contributed by atoms with Crippen molar-refractivity contribution in [3.05, 3.63) is 56.8 Å². The van der Waals surface area contributed by atoms with Crippen molar-refractivity contribution in [1.82, 2.24) is 0 Å². The Kier molecular flexibility index (Phi) is 3.57. The minimum Gasteiger partial charge on any atom is -0.293 e. The molecule has 0 saturated heterocycles. The smallest absolute Gasteiger partial charge is 0.177 e. The largest absolute Gasteiger partial charge is 0.293 e. The molecule has 0 amide bonds. The van der Waals surface area contributed by atoms with Crippen molar-refractivity contribution in [2.75, 3.05) is 0 Å². The molecule has 0 aliphatic carbocycles. The van der Waals surface area contributed by atoms with Gasteiger partial charge in [0.25, 0.3) is 0 Å². The topological polar surface area (TPSA) is 17.1 Å². The lowest BCUT2D eigenvalue weighted by molar-refractivity contribution is 0.0996. The van der Waals surface area contributed by atoms with E-state index >= 15 is 0 Å². The summed E-state index contributed by atoms with van der Waals surface area (Å²) < 4.78 is 25.8. The molecular formula is C14H12F2OS. The fraction of sp³-hybridized carbons (Fsp3) is 0.214. The molecule has 0 N–H and O–H groups in total. The summed E-state index contributed by atoms with van der Waals surface area (Å²) in [7, 11) is 0. The number of hydrogen-bond acceptors (Lipinski definition) is 2. The van der Waals surface area contributed by atoms with Crippen molar-refractivity contribution in [3.63, 3.8) is 0 Å². The molecule has 18 heavy (non-hydrogen) atoms. The molecule has 0 bridgehead atoms. The summed E-state index contributed by atoms with van der Waals surface area (Å²) in [5, 5.41) is 0. The van der Waals surface area contributed by atoms with Gasteiger partial charge in [0.2, 0.25) is 0 Å². The van der Waals surface area contributed by atoms with E-state index in [0.29, 0.717) is 10.4 Å². The van der Waals surface area contributed by atoms with Gasteiger partial charge in [-0.1, -0.05) is 6.07 Å². The molecule has 0 atom stereocenters. The van der Waals surface area contributed by atoms with Crippen molar-refractivity contribution < 1.29 is 13.6 Å². The van der Waals surface area contributed by atoms with E-state index in [1.54, 1.807) is 0 Å². The van der Waals surface area contributed by atoms with Gasteiger partial charge >= 0.3 is 0 Å². The van der Waals surface area contributed by atoms with E-state index in [9.17, 15) is 13.6 Å². The van der Waals surface area contributed by atoms with Crippen LogP contribution in [0.25, 0.3) is 0 Å². The van der Waals surface area contributed by atoms with E-state index in [2.05, 4.69) is 0 Å². The highest BCUT2D eigenvalue weighted by molar-refractivity contribution is 7.14. The summed E-state index contributed by atoms with van der Waals surface area (Å²) >= 11 is 1.43. The Hall–Kier alpha value is -1.55. The molecular weight excluding hydrogens is 254 g/mol. The second-order valence-corrected chi connectivity index (χ2v) is 5.45. The Morgan fingerprint density at radius 2 is 1.89 bits per heavy atom. The number of Topliss-reactive ketones (excluding diaryl/α,β-unsaturated/α-hetero) is 1. The van der Waals surface area contributed by atoms with E-state index in [1.165, 1.54) is 17.4 Å². The van der Waals surface area contributed by atoms with Crippen LogP contribution in [-0.2, 0) is 6.42 Å². The lowest BCUT2D eigenvalue weighted by Gasteiger charge is -2.00. The fourth-order valence-electron chi connectivity index (χ4n) is 1.63. The maximum Gasteiger partial charge on any atom is 0.177 e. The van der Waals surface area contributed by atoms with Gasteiger partial charge in [-0.05, 0) is 43.2 Å². The molecule has 0 radical (unpaired) electrons. The van der Waals surface area contributed by atoms with Gasteiger partial charge in [0.1, 0.15) is 0 Å². The van der Waals surface area contributed by atoms with Gasteiger partial charge in [-0.15, -0.1) is 11.3 Å². The third-order valence-corrected chi connectivity index (χ3v) is 3.98. The number of hydrogen-bond donors (Lipinski definition) is 0. The Balaban J connectivity index is 2.18. The Labute approximate surface area is 108 Å². The van der Waals surface area contributed by atoms with Gasteiger partial charge in [-0.2, -0.15) is 0 Å². The number of halogens is 2. The summed E-state index contributed by atoms with van der Waals surface area (Å²) in [5.74, 6) is -1.88. The standard InChI is InChI=1S/C14H12F2OS/c1-8-5-14(18-9(8)2)13(17)7-10-3-4-11(15)12(16)6-10/h3-6H,7H2,1-2H3. The first-order valence-corrected chi connectivity index (χ1v) is 6.33. The number of thiophene rings is 1. The highest BCUT2D eigenvalue weighted by Gasteiger charge is 2.12. The maximum atomic E-state index is 13.0. The summed E-state index contributed by atoms with van der Waals surface area (Å²) in [6, 6.07) is 5.38. The fourth-order valence-corrected chi connectivity index (χ4v) is 2.60. The van der Waals surface area contributed by atoms with E-state index in [-0.39, 0.29) is 12.2 Å². The quantitative estimate of drug-likeness (QED) is 0.765. The van der Waals surface area contributed by atoms with Crippen molar-refractivity contribution in [2.24, 2.45) is 0 Å². The monoisotopic (exact) mass is 266 g/mol. The van der Waals surface area contributed by atoms with Crippen LogP contribution in [0, 0.1) is 25.5 Å². The van der Waals surface area contributed by atoms with Crippen LogP contribution in [-0.4, -0.2) is 5.78 Å². The molecule has 2 rings (SSSR count). The highest BCUT2D eigenvalue weighted by atomic mass is 32.1. The molecule has 1 nitrogen and oxygen atoms in total. The van der Waals surface area contributed by atoms with Crippen molar-refractivity contribution >= 4 is 17.1 Å². The normalized spacial score (nSPS) is 10.7. The van der Waals surface area contributed by atoms with Crippen LogP contribution in [0.15, 0.2) is 24.3 Å². The van der Waals surface area contributed by atoms with Gasteiger partial charge in [0, 0.05) is 11.3 Å². The average molecular weight is 266 g/mol. The first-order chi connectivity index (χ1) is 8.47. The SMILES string of the molecule is Cc1cc(C(=O)Cc2ccc(F)c(F)c2)sc1C. The summed E-state index contributed by atoms with van der Waals surface area (Å²) in [5.41, 5.74) is 1.57. The van der Waals surface area contributed by atoms with Crippen LogP contribution in [0.3, 0.4) is 0 Å². The number of aryl methyl sites for hydroxylation is 2. The van der Waals surface area contributed by atoms with Gasteiger partial charge in [0.15, 0.2) is 17.4 Å². The molecule has 0 aliphatic heterocycles. The number of carbonyl (C=O) groups is 1. The summed E-state index contributed by atoms with van der Waals surface area (Å²) in [6.45, 7) is 3.90. The lowest BCUT2D eigenvalue weighted by atomic mass is 10.1. The lowest BCUT2D eigenvalue weighted by Crippen LogP contribution is -2.02. The van der Waals surface area contributed by atoms with Crippen LogP contribution in [0.4, 0.5) is 8.78 Å². The van der Waals surface area contributed by atoms with E-state index in [0.717, 1.165) is 22.6 Å². The molecule has 0 aliphatic rings. The predicted octanol–water partition coefficient (Wildman–Crippen LogP) is 4.07. The van der Waals surface area contributed by atoms with Crippen molar-refractivity contribution in [1.29, 1.82) is 0 Å². The summed E-state index contributed by atoms with van der Waals surface area (Å²) in [6.07, 6.45) is 0.0938. The molecule has 0 unspecified atom stereocenters. The number of ketones is 1. The molecule has 0 fully saturated rings. The van der Waals surface area contributed by atoms with Crippen LogP contribution < -0.4 is 0 Å². The summed E-state index contributed by atoms with van der Waals surface area (Å²) in [4.78, 5) is 13.7. The molecule has 1 aromatic carbocycles. The number of benzene rings is 1. The molecule has 4 heteroatoms. The van der Waals surface area contributed by atoms with Gasteiger partial charge in [-0.25, -0.2) is 8.78 Å². The molecule has 0 saturated carbocycles. The molecule has 1 aromatic heterocycles. The minimum absolute atomic E-state index is 0.0674. The third kappa shape index (κ3) is 2.64. The zero-order valence-corrected chi connectivity index (χ0v) is 10.9. The van der Waals surface area contributed by atoms with Crippen molar-refractivity contribution in [2.45, 2.75) is 20.3 Å². The first-order valence-electron chi connectivity index (χ1n) is 5.51. The van der Waals surface area contributed by atoms with Crippen LogP contribution >= 0.6 is 11.3 Å².